The summed E-state index contributed by atoms with van der Waals surface area (Å²) in [5.74, 6) is 0.770. The lowest BCUT2D eigenvalue weighted by molar-refractivity contribution is -0.122. The van der Waals surface area contributed by atoms with Gasteiger partial charge in [-0.1, -0.05) is 60.3 Å². The fourth-order valence-electron chi connectivity index (χ4n) is 2.88. The number of rotatable bonds is 2. The van der Waals surface area contributed by atoms with Gasteiger partial charge in [0.2, 0.25) is 0 Å². The number of aryl methyl sites for hydroxylation is 1. The predicted octanol–water partition coefficient (Wildman–Crippen LogP) is 3.70. The van der Waals surface area contributed by atoms with Crippen LogP contribution >= 0.6 is 11.8 Å². The summed E-state index contributed by atoms with van der Waals surface area (Å²) in [6.45, 7) is 2.64. The highest BCUT2D eigenvalue weighted by Gasteiger charge is 2.35. The average Bonchev–Trinajstić information content (AvgIpc) is 2.92. The maximum Gasteiger partial charge on any atom is 0.280 e. The standard InChI is InChI=1S/C19H17N3OS/c1-14-7-5-6-10-17(14)21-12-22-18(23)16(20-19(22)24-13-21)11-15-8-3-2-4-9-15/h2-11H,12-13H2,1H3/b16-11-. The minimum Gasteiger partial charge on any atom is -0.343 e. The van der Waals surface area contributed by atoms with Crippen molar-refractivity contribution in [3.63, 3.8) is 0 Å². The molecule has 4 rings (SSSR count). The van der Waals surface area contributed by atoms with Gasteiger partial charge in [0.25, 0.3) is 5.91 Å². The summed E-state index contributed by atoms with van der Waals surface area (Å²) in [4.78, 5) is 21.2. The molecule has 2 heterocycles. The fraction of sp³-hybridized carbons (Fsp3) is 0.158. The van der Waals surface area contributed by atoms with E-state index < -0.39 is 0 Å². The molecule has 0 unspecified atom stereocenters. The molecule has 120 valence electrons. The molecule has 4 nitrogen and oxygen atoms in total. The van der Waals surface area contributed by atoms with E-state index in [0.29, 0.717) is 12.4 Å². The first kappa shape index (κ1) is 15.0. The summed E-state index contributed by atoms with van der Waals surface area (Å²) >= 11 is 1.60. The summed E-state index contributed by atoms with van der Waals surface area (Å²) < 4.78 is 0. The van der Waals surface area contributed by atoms with Crippen molar-refractivity contribution in [1.29, 1.82) is 0 Å². The number of carbonyl (C=O) groups excluding carboxylic acids is 1. The van der Waals surface area contributed by atoms with Crippen LogP contribution in [-0.4, -0.2) is 28.5 Å². The number of aliphatic imine (C=N–C) groups is 1. The van der Waals surface area contributed by atoms with Crippen LogP contribution in [0.4, 0.5) is 5.69 Å². The van der Waals surface area contributed by atoms with E-state index in [1.54, 1.807) is 16.7 Å². The van der Waals surface area contributed by atoms with Crippen molar-refractivity contribution in [1.82, 2.24) is 4.90 Å². The van der Waals surface area contributed by atoms with Gasteiger partial charge in [-0.15, -0.1) is 0 Å². The van der Waals surface area contributed by atoms with Crippen LogP contribution in [0, 0.1) is 6.92 Å². The first-order valence-electron chi connectivity index (χ1n) is 7.83. The maximum atomic E-state index is 12.7. The first-order valence-corrected chi connectivity index (χ1v) is 8.81. The Morgan fingerprint density at radius 2 is 1.83 bits per heavy atom. The lowest BCUT2D eigenvalue weighted by atomic mass is 10.2. The molecular weight excluding hydrogens is 318 g/mol. The lowest BCUT2D eigenvalue weighted by Crippen LogP contribution is -2.46. The number of carbonyl (C=O) groups is 1. The molecule has 24 heavy (non-hydrogen) atoms. The van der Waals surface area contributed by atoms with Gasteiger partial charge in [0.15, 0.2) is 5.17 Å². The smallest absolute Gasteiger partial charge is 0.280 e. The highest BCUT2D eigenvalue weighted by atomic mass is 32.2. The van der Waals surface area contributed by atoms with Crippen LogP contribution in [0.15, 0.2) is 65.3 Å². The Morgan fingerprint density at radius 1 is 1.08 bits per heavy atom. The van der Waals surface area contributed by atoms with E-state index in [-0.39, 0.29) is 5.91 Å². The van der Waals surface area contributed by atoms with E-state index >= 15 is 0 Å². The van der Waals surface area contributed by atoms with Crippen molar-refractivity contribution < 1.29 is 4.79 Å². The monoisotopic (exact) mass is 335 g/mol. The average molecular weight is 335 g/mol. The second kappa shape index (κ2) is 6.17. The van der Waals surface area contributed by atoms with Crippen LogP contribution in [0.25, 0.3) is 6.08 Å². The Morgan fingerprint density at radius 3 is 2.62 bits per heavy atom. The zero-order valence-electron chi connectivity index (χ0n) is 13.3. The number of thioether (sulfide) groups is 1. The van der Waals surface area contributed by atoms with Crippen LogP contribution in [0.3, 0.4) is 0 Å². The Labute approximate surface area is 145 Å². The number of amides is 1. The van der Waals surface area contributed by atoms with E-state index in [2.05, 4.69) is 28.9 Å². The van der Waals surface area contributed by atoms with Crippen molar-refractivity contribution >= 4 is 34.6 Å². The first-order chi connectivity index (χ1) is 11.7. The second-order valence-electron chi connectivity index (χ2n) is 5.81. The minimum absolute atomic E-state index is 0.0281. The molecule has 1 amide bonds. The predicted molar refractivity (Wildman–Crippen MR) is 99.7 cm³/mol. The molecule has 0 aliphatic carbocycles. The summed E-state index contributed by atoms with van der Waals surface area (Å²) in [6.07, 6.45) is 1.85. The van der Waals surface area contributed by atoms with Crippen molar-refractivity contribution in [2.45, 2.75) is 6.92 Å². The third kappa shape index (κ3) is 2.71. The van der Waals surface area contributed by atoms with E-state index in [9.17, 15) is 4.79 Å². The van der Waals surface area contributed by atoms with Crippen LogP contribution in [0.1, 0.15) is 11.1 Å². The zero-order chi connectivity index (χ0) is 16.5. The van der Waals surface area contributed by atoms with E-state index in [4.69, 9.17) is 0 Å². The zero-order valence-corrected chi connectivity index (χ0v) is 14.2. The number of amidine groups is 1. The molecule has 2 aromatic carbocycles. The number of hydrogen-bond acceptors (Lipinski definition) is 4. The molecule has 0 aromatic heterocycles. The van der Waals surface area contributed by atoms with Gasteiger partial charge in [0.05, 0.1) is 5.88 Å². The number of hydrogen-bond donors (Lipinski definition) is 0. The molecule has 0 saturated carbocycles. The van der Waals surface area contributed by atoms with Crippen LogP contribution in [-0.2, 0) is 4.79 Å². The van der Waals surface area contributed by atoms with Gasteiger partial charge in [-0.3, -0.25) is 9.69 Å². The second-order valence-corrected chi connectivity index (χ2v) is 6.72. The molecule has 2 aliphatic heterocycles. The fourth-order valence-corrected chi connectivity index (χ4v) is 3.83. The van der Waals surface area contributed by atoms with Gasteiger partial charge in [-0.2, -0.15) is 0 Å². The summed E-state index contributed by atoms with van der Waals surface area (Å²) in [7, 11) is 0. The summed E-state index contributed by atoms with van der Waals surface area (Å²) in [5, 5.41) is 0.798. The molecule has 0 atom stereocenters. The molecular formula is C19H17N3OS. The molecule has 5 heteroatoms. The third-order valence-electron chi connectivity index (χ3n) is 4.13. The molecule has 0 bridgehead atoms. The van der Waals surface area contributed by atoms with Crippen molar-refractivity contribution in [2.24, 2.45) is 4.99 Å². The molecule has 0 spiro atoms. The van der Waals surface area contributed by atoms with Gasteiger partial charge in [-0.05, 0) is 30.2 Å². The molecule has 0 N–H and O–H groups in total. The van der Waals surface area contributed by atoms with Gasteiger partial charge in [0, 0.05) is 5.69 Å². The van der Waals surface area contributed by atoms with Gasteiger partial charge in [0.1, 0.15) is 12.4 Å². The van der Waals surface area contributed by atoms with Crippen LogP contribution < -0.4 is 4.90 Å². The SMILES string of the molecule is Cc1ccccc1N1CSC2=N/C(=C\c3ccccc3)C(=O)N2C1. The number of anilines is 1. The van der Waals surface area contributed by atoms with E-state index in [0.717, 1.165) is 22.3 Å². The molecule has 1 saturated heterocycles. The van der Waals surface area contributed by atoms with Crippen molar-refractivity contribution in [2.75, 3.05) is 17.4 Å². The largest absolute Gasteiger partial charge is 0.343 e. The Hall–Kier alpha value is -2.53. The molecule has 0 radical (unpaired) electrons. The van der Waals surface area contributed by atoms with Crippen molar-refractivity contribution in [3.8, 4) is 0 Å². The van der Waals surface area contributed by atoms with Gasteiger partial charge in [-0.25, -0.2) is 4.99 Å². The van der Waals surface area contributed by atoms with Crippen molar-refractivity contribution in [3.05, 3.63) is 71.4 Å². The topological polar surface area (TPSA) is 35.9 Å². The Kier molecular flexibility index (Phi) is 3.86. The Bertz CT molecular complexity index is 845. The molecule has 2 aromatic rings. The minimum atomic E-state index is -0.0281. The number of nitrogens with zero attached hydrogens (tertiary/aromatic N) is 3. The number of fused-ring (bicyclic) bond motifs is 1. The number of para-hydroxylation sites is 1. The summed E-state index contributed by atoms with van der Waals surface area (Å²) in [5.41, 5.74) is 3.88. The molecule has 1 fully saturated rings. The highest BCUT2D eigenvalue weighted by Crippen LogP contribution is 2.32. The van der Waals surface area contributed by atoms with E-state index in [1.165, 1.54) is 5.56 Å². The van der Waals surface area contributed by atoms with Gasteiger partial charge < -0.3 is 4.90 Å². The maximum absolute atomic E-state index is 12.7. The molecule has 2 aliphatic rings. The number of benzene rings is 2. The lowest BCUT2D eigenvalue weighted by Gasteiger charge is -2.35. The van der Waals surface area contributed by atoms with Gasteiger partial charge >= 0.3 is 0 Å². The highest BCUT2D eigenvalue weighted by molar-refractivity contribution is 8.14. The quantitative estimate of drug-likeness (QED) is 0.785. The third-order valence-corrected chi connectivity index (χ3v) is 5.14. The van der Waals surface area contributed by atoms with Crippen LogP contribution in [0.2, 0.25) is 0 Å². The normalized spacial score (nSPS) is 18.8. The van der Waals surface area contributed by atoms with Crippen LogP contribution in [0.5, 0.6) is 0 Å². The summed E-state index contributed by atoms with van der Waals surface area (Å²) in [6, 6.07) is 18.1. The van der Waals surface area contributed by atoms with E-state index in [1.807, 2.05) is 48.5 Å². The Balaban J connectivity index is 1.58.